The van der Waals surface area contributed by atoms with Crippen LogP contribution in [0.25, 0.3) is 0 Å². The number of ether oxygens (including phenoxy) is 2. The predicted octanol–water partition coefficient (Wildman–Crippen LogP) is 14.1. The van der Waals surface area contributed by atoms with Crippen molar-refractivity contribution in [2.24, 2.45) is 0 Å². The maximum atomic E-state index is 11.6. The van der Waals surface area contributed by atoms with E-state index in [1.54, 1.807) is 72.8 Å². The van der Waals surface area contributed by atoms with Gasteiger partial charge >= 0.3 is 37.7 Å². The van der Waals surface area contributed by atoms with Crippen molar-refractivity contribution in [3.8, 4) is 23.0 Å². The van der Waals surface area contributed by atoms with Crippen LogP contribution in [0.4, 0.5) is 0 Å². The predicted molar refractivity (Wildman–Crippen MR) is 248 cm³/mol. The van der Waals surface area contributed by atoms with E-state index in [9.17, 15) is 25.9 Å². The molecule has 0 unspecified atom stereocenters. The van der Waals surface area contributed by atoms with Gasteiger partial charge in [0, 0.05) is 0 Å². The molecule has 0 aliphatic rings. The molecule has 8 nitrogen and oxygen atoms in total. The van der Waals surface area contributed by atoms with Crippen LogP contribution < -0.4 is 9.47 Å². The molecule has 0 saturated heterocycles. The molecule has 0 radical (unpaired) electrons. The van der Waals surface area contributed by atoms with E-state index in [4.69, 9.17) is 9.47 Å². The fourth-order valence-corrected chi connectivity index (χ4v) is 8.37. The van der Waals surface area contributed by atoms with Gasteiger partial charge in [0.05, 0.1) is 9.79 Å². The van der Waals surface area contributed by atoms with Crippen molar-refractivity contribution in [1.29, 1.82) is 0 Å². The molecule has 0 N–H and O–H groups in total. The average Bonchev–Trinajstić information content (AvgIpc) is 3.22. The van der Waals surface area contributed by atoms with Gasteiger partial charge in [-0.2, -0.15) is 0 Å². The third-order valence-electron chi connectivity index (χ3n) is 10.6. The molecule has 332 valence electrons. The van der Waals surface area contributed by atoms with Crippen LogP contribution in [0.5, 0.6) is 23.0 Å². The van der Waals surface area contributed by atoms with E-state index in [2.05, 4.69) is 13.8 Å². The first-order valence-corrected chi connectivity index (χ1v) is 25.5. The van der Waals surface area contributed by atoms with Crippen molar-refractivity contribution < 1.29 is 35.4 Å². The van der Waals surface area contributed by atoms with Gasteiger partial charge in [0.15, 0.2) is 0 Å². The second-order valence-corrected chi connectivity index (χ2v) is 18.6. The molecule has 0 aliphatic carbocycles. The molecular formula is C50H70CaO8S2. The summed E-state index contributed by atoms with van der Waals surface area (Å²) in [6, 6.07) is 27.4. The molecule has 61 heavy (non-hydrogen) atoms. The molecule has 0 atom stereocenters. The Kier molecular flexibility index (Phi) is 28.9. The van der Waals surface area contributed by atoms with E-state index in [-0.39, 0.29) is 59.0 Å². The molecule has 4 aromatic carbocycles. The largest absolute Gasteiger partial charge is 2.00 e. The number of hydrogen-bond acceptors (Lipinski definition) is 8. The van der Waals surface area contributed by atoms with E-state index in [1.165, 1.54) is 128 Å². The van der Waals surface area contributed by atoms with Crippen LogP contribution in [-0.4, -0.2) is 63.7 Å². The van der Waals surface area contributed by atoms with Crippen LogP contribution in [0, 0.1) is 0 Å². The molecule has 4 aromatic rings. The molecule has 0 saturated carbocycles. The van der Waals surface area contributed by atoms with Crippen LogP contribution >= 0.6 is 0 Å². The van der Waals surface area contributed by atoms with Gasteiger partial charge in [-0.3, -0.25) is 0 Å². The maximum absolute atomic E-state index is 11.6. The van der Waals surface area contributed by atoms with E-state index >= 15 is 0 Å². The van der Waals surface area contributed by atoms with Gasteiger partial charge in [-0.05, 0) is 85.3 Å². The van der Waals surface area contributed by atoms with Crippen LogP contribution in [0.3, 0.4) is 0 Å². The Labute approximate surface area is 399 Å². The number of unbranched alkanes of at least 4 members (excludes halogenated alkanes) is 20. The van der Waals surface area contributed by atoms with Crippen molar-refractivity contribution in [2.45, 2.75) is 178 Å². The minimum absolute atomic E-state index is 0. The second-order valence-electron chi connectivity index (χ2n) is 15.9. The van der Waals surface area contributed by atoms with Gasteiger partial charge in [-0.15, -0.1) is 0 Å². The molecule has 11 heteroatoms. The Hall–Kier alpha value is -2.44. The fraction of sp³-hybridized carbons (Fsp3) is 0.520. The van der Waals surface area contributed by atoms with E-state index in [0.29, 0.717) is 11.5 Å². The number of rotatable bonds is 30. The first-order valence-electron chi connectivity index (χ1n) is 22.6. The molecule has 0 aromatic heterocycles. The Morgan fingerprint density at radius 3 is 0.951 bits per heavy atom. The van der Waals surface area contributed by atoms with Gasteiger partial charge in [0.2, 0.25) is 0 Å². The molecule has 0 spiro atoms. The third-order valence-corrected chi connectivity index (χ3v) is 12.4. The first-order chi connectivity index (χ1) is 29.0. The summed E-state index contributed by atoms with van der Waals surface area (Å²) in [4.78, 5) is -0.622. The maximum Gasteiger partial charge on any atom is 2.00 e. The van der Waals surface area contributed by atoms with Gasteiger partial charge in [-0.25, -0.2) is 16.8 Å². The van der Waals surface area contributed by atoms with Crippen molar-refractivity contribution in [2.75, 3.05) is 0 Å². The molecule has 0 amide bonds. The Morgan fingerprint density at radius 1 is 0.393 bits per heavy atom. The summed E-state index contributed by atoms with van der Waals surface area (Å²) in [5.74, 6) is 1.23. The first kappa shape index (κ1) is 54.7. The summed E-state index contributed by atoms with van der Waals surface area (Å²) in [5, 5.41) is 0. The Morgan fingerprint density at radius 2 is 0.672 bits per heavy atom. The zero-order valence-corrected chi connectivity index (χ0v) is 40.8. The summed E-state index contributed by atoms with van der Waals surface area (Å²) in [6.07, 6.45) is 30.0. The van der Waals surface area contributed by atoms with E-state index in [0.717, 1.165) is 49.7 Å². The normalized spacial score (nSPS) is 11.3. The number of benzene rings is 4. The van der Waals surface area contributed by atoms with Crippen LogP contribution in [-0.2, 0) is 33.1 Å². The summed E-state index contributed by atoms with van der Waals surface area (Å²) in [6.45, 7) is 4.49. The standard InChI is InChI=1S/2C25H36O4S.Ca/c2*1-2-3-4-5-6-7-8-9-10-11-13-16-22-19-20-25(30(26,27)28)24(21-22)29-23-17-14-12-15-18-23;/h2*12,14-15,17-21H,2-11,13,16H2,1H3,(H,26,27,28);/q;;+2/p-2. The van der Waals surface area contributed by atoms with E-state index in [1.807, 2.05) is 12.1 Å². The molecule has 0 aliphatic heterocycles. The smallest absolute Gasteiger partial charge is 0.744 e. The fourth-order valence-electron chi connectivity index (χ4n) is 7.21. The molecule has 0 heterocycles. The Balaban J connectivity index is 0.000000413. The van der Waals surface area contributed by atoms with Crippen molar-refractivity contribution in [3.05, 3.63) is 108 Å². The average molecular weight is 903 g/mol. The number of hydrogen-bond donors (Lipinski definition) is 0. The quantitative estimate of drug-likeness (QED) is 0.0287. The topological polar surface area (TPSA) is 133 Å². The number of para-hydroxylation sites is 2. The van der Waals surface area contributed by atoms with E-state index < -0.39 is 20.2 Å². The SMILES string of the molecule is CCCCCCCCCCCCCc1ccc(S(=O)(=O)[O-])c(Oc2ccccc2)c1.CCCCCCCCCCCCCc1ccc(S(=O)(=O)[O-])c(Oc2ccccc2)c1.[Ca+2]. The van der Waals surface area contributed by atoms with Crippen LogP contribution in [0.15, 0.2) is 107 Å². The Bertz CT molecular complexity index is 1810. The van der Waals surface area contributed by atoms with Gasteiger partial charge in [-0.1, -0.05) is 191 Å². The number of aryl methyl sites for hydroxylation is 2. The zero-order valence-electron chi connectivity index (χ0n) is 37.0. The summed E-state index contributed by atoms with van der Waals surface area (Å²) < 4.78 is 80.9. The summed E-state index contributed by atoms with van der Waals surface area (Å²) in [5.41, 5.74) is 1.98. The minimum atomic E-state index is -4.59. The third kappa shape index (κ3) is 24.3. The molecule has 4 rings (SSSR count). The van der Waals surface area contributed by atoms with Crippen LogP contribution in [0.1, 0.15) is 166 Å². The summed E-state index contributed by atoms with van der Waals surface area (Å²) >= 11 is 0. The molecule has 0 bridgehead atoms. The van der Waals surface area contributed by atoms with Gasteiger partial charge in [0.1, 0.15) is 43.2 Å². The van der Waals surface area contributed by atoms with Gasteiger partial charge in [0.25, 0.3) is 0 Å². The molecule has 0 fully saturated rings. The monoisotopic (exact) mass is 902 g/mol. The zero-order chi connectivity index (χ0) is 43.3. The van der Waals surface area contributed by atoms with Crippen molar-refractivity contribution in [3.63, 3.8) is 0 Å². The second kappa shape index (κ2) is 32.3. The van der Waals surface area contributed by atoms with Crippen LogP contribution in [0.2, 0.25) is 0 Å². The van der Waals surface area contributed by atoms with Gasteiger partial charge < -0.3 is 18.6 Å². The summed E-state index contributed by atoms with van der Waals surface area (Å²) in [7, 11) is -9.18. The van der Waals surface area contributed by atoms with Crippen molar-refractivity contribution >= 4 is 58.0 Å². The van der Waals surface area contributed by atoms with Crippen molar-refractivity contribution in [1.82, 2.24) is 0 Å². The minimum Gasteiger partial charge on any atom is -0.744 e. The molecular weight excluding hydrogens is 833 g/mol.